The number of carboxylic acids is 1. The van der Waals surface area contributed by atoms with Crippen LogP contribution in [0.4, 0.5) is 10.1 Å². The van der Waals surface area contributed by atoms with Crippen LogP contribution < -0.4 is 0 Å². The maximum atomic E-state index is 13.7. The summed E-state index contributed by atoms with van der Waals surface area (Å²) >= 11 is 0. The van der Waals surface area contributed by atoms with Gasteiger partial charge in [0.2, 0.25) is 5.89 Å². The van der Waals surface area contributed by atoms with E-state index in [1.807, 2.05) is 0 Å². The van der Waals surface area contributed by atoms with Gasteiger partial charge in [-0.3, -0.25) is 4.99 Å². The first kappa shape index (κ1) is 15.4. The molecular formula is C17H11FN2O4. The summed E-state index contributed by atoms with van der Waals surface area (Å²) in [7, 11) is 0. The lowest BCUT2D eigenvalue weighted by Gasteiger charge is -1.95. The topological polar surface area (TPSA) is 95.9 Å². The number of nitrogens with zero attached hydrogens (tertiary/aromatic N) is 2. The molecule has 0 atom stereocenters. The molecule has 3 aromatic rings. The van der Waals surface area contributed by atoms with Crippen LogP contribution in [0.25, 0.3) is 11.5 Å². The molecule has 0 spiro atoms. The van der Waals surface area contributed by atoms with Crippen molar-refractivity contribution in [2.75, 3.05) is 0 Å². The number of aliphatic imine (C=N–C) groups is 1. The Kier molecular flexibility index (Phi) is 4.07. The second kappa shape index (κ2) is 6.33. The summed E-state index contributed by atoms with van der Waals surface area (Å²) in [6.07, 6.45) is 1.25. The molecule has 2 aromatic carbocycles. The van der Waals surface area contributed by atoms with E-state index in [4.69, 9.17) is 9.52 Å². The summed E-state index contributed by atoms with van der Waals surface area (Å²) in [6.45, 7) is 0. The van der Waals surface area contributed by atoms with Gasteiger partial charge in [-0.15, -0.1) is 0 Å². The van der Waals surface area contributed by atoms with Gasteiger partial charge in [0.25, 0.3) is 0 Å². The molecule has 0 fully saturated rings. The summed E-state index contributed by atoms with van der Waals surface area (Å²) in [4.78, 5) is 18.9. The maximum Gasteiger partial charge on any atom is 0.335 e. The van der Waals surface area contributed by atoms with Gasteiger partial charge in [-0.25, -0.2) is 14.2 Å². The minimum Gasteiger partial charge on any atom is -0.479 e. The van der Waals surface area contributed by atoms with E-state index in [1.165, 1.54) is 48.7 Å². The van der Waals surface area contributed by atoms with Crippen LogP contribution in [0.5, 0.6) is 5.95 Å². The Morgan fingerprint density at radius 3 is 2.54 bits per heavy atom. The number of benzene rings is 2. The first-order chi connectivity index (χ1) is 11.5. The average molecular weight is 326 g/mol. The lowest BCUT2D eigenvalue weighted by molar-refractivity contribution is 0.0697. The number of oxazole rings is 1. The molecule has 0 aliphatic heterocycles. The molecular weight excluding hydrogens is 315 g/mol. The number of carboxylic acid groups (broad SMARTS) is 1. The molecule has 0 aliphatic rings. The van der Waals surface area contributed by atoms with Crippen LogP contribution in [0.3, 0.4) is 0 Å². The molecule has 1 aromatic heterocycles. The number of aromatic hydroxyl groups is 1. The van der Waals surface area contributed by atoms with Gasteiger partial charge < -0.3 is 14.6 Å². The molecule has 0 radical (unpaired) electrons. The fourth-order valence-corrected chi connectivity index (χ4v) is 1.98. The number of aromatic carboxylic acids is 1. The van der Waals surface area contributed by atoms with Crippen LogP contribution in [-0.4, -0.2) is 27.4 Å². The standard InChI is InChI=1S/C17H11FN2O4/c18-13-4-2-1-3-12(13)15-20-14(17(23)24-15)9-19-11-7-5-10(6-8-11)16(21)22/h1-9,23H,(H,21,22). The fraction of sp³-hybridized carbons (Fsp3) is 0. The van der Waals surface area contributed by atoms with E-state index >= 15 is 0 Å². The second-order valence-electron chi connectivity index (χ2n) is 4.80. The number of hydrogen-bond acceptors (Lipinski definition) is 5. The normalized spacial score (nSPS) is 11.0. The highest BCUT2D eigenvalue weighted by atomic mass is 19.1. The first-order valence-electron chi connectivity index (χ1n) is 6.86. The monoisotopic (exact) mass is 326 g/mol. The first-order valence-corrected chi connectivity index (χ1v) is 6.86. The van der Waals surface area contributed by atoms with E-state index in [2.05, 4.69) is 9.98 Å². The molecule has 24 heavy (non-hydrogen) atoms. The van der Waals surface area contributed by atoms with Crippen molar-refractivity contribution >= 4 is 17.9 Å². The summed E-state index contributed by atoms with van der Waals surface area (Å²) < 4.78 is 18.8. The largest absolute Gasteiger partial charge is 0.479 e. The molecule has 6 nitrogen and oxygen atoms in total. The zero-order chi connectivity index (χ0) is 17.1. The van der Waals surface area contributed by atoms with E-state index in [9.17, 15) is 14.3 Å². The molecule has 0 saturated carbocycles. The zero-order valence-corrected chi connectivity index (χ0v) is 12.2. The van der Waals surface area contributed by atoms with Gasteiger partial charge in [0.05, 0.1) is 23.0 Å². The Bertz CT molecular complexity index is 917. The molecule has 7 heteroatoms. The van der Waals surface area contributed by atoms with Gasteiger partial charge >= 0.3 is 11.9 Å². The molecule has 2 N–H and O–H groups in total. The van der Waals surface area contributed by atoms with Gasteiger partial charge in [-0.2, -0.15) is 0 Å². The SMILES string of the molecule is O=C(O)c1ccc(N=Cc2nc(-c3ccccc3F)oc2O)cc1. The van der Waals surface area contributed by atoms with E-state index < -0.39 is 17.7 Å². The van der Waals surface area contributed by atoms with Crippen LogP contribution in [-0.2, 0) is 0 Å². The van der Waals surface area contributed by atoms with Crippen LogP contribution in [0, 0.1) is 5.82 Å². The van der Waals surface area contributed by atoms with Crippen LogP contribution in [0.2, 0.25) is 0 Å². The highest BCUT2D eigenvalue weighted by Crippen LogP contribution is 2.27. The zero-order valence-electron chi connectivity index (χ0n) is 12.2. The van der Waals surface area contributed by atoms with Crippen molar-refractivity contribution in [3.8, 4) is 17.4 Å². The molecule has 0 bridgehead atoms. The van der Waals surface area contributed by atoms with Crippen molar-refractivity contribution in [1.82, 2.24) is 4.98 Å². The predicted octanol–water partition coefficient (Wildman–Crippen LogP) is 3.64. The van der Waals surface area contributed by atoms with Gasteiger partial charge in [-0.1, -0.05) is 12.1 Å². The van der Waals surface area contributed by atoms with Crippen molar-refractivity contribution in [2.45, 2.75) is 0 Å². The van der Waals surface area contributed by atoms with Crippen molar-refractivity contribution in [1.29, 1.82) is 0 Å². The number of hydrogen-bond donors (Lipinski definition) is 2. The lowest BCUT2D eigenvalue weighted by atomic mass is 10.2. The Balaban J connectivity index is 1.85. The van der Waals surface area contributed by atoms with Gasteiger partial charge in [-0.05, 0) is 36.4 Å². The van der Waals surface area contributed by atoms with Crippen molar-refractivity contribution in [3.63, 3.8) is 0 Å². The maximum absolute atomic E-state index is 13.7. The lowest BCUT2D eigenvalue weighted by Crippen LogP contribution is -1.94. The average Bonchev–Trinajstić information content (AvgIpc) is 2.94. The highest BCUT2D eigenvalue weighted by Gasteiger charge is 2.15. The molecule has 3 rings (SSSR count). The number of rotatable bonds is 4. The van der Waals surface area contributed by atoms with E-state index in [-0.39, 0.29) is 22.7 Å². The van der Waals surface area contributed by atoms with Crippen molar-refractivity contribution < 1.29 is 23.8 Å². The van der Waals surface area contributed by atoms with E-state index in [0.29, 0.717) is 5.69 Å². The molecule has 0 saturated heterocycles. The van der Waals surface area contributed by atoms with Gasteiger partial charge in [0.15, 0.2) is 5.69 Å². The number of carbonyl (C=O) groups is 1. The second-order valence-corrected chi connectivity index (χ2v) is 4.80. The minimum absolute atomic E-state index is 0.0376. The quantitative estimate of drug-likeness (QED) is 0.714. The smallest absolute Gasteiger partial charge is 0.335 e. The third kappa shape index (κ3) is 3.14. The fourth-order valence-electron chi connectivity index (χ4n) is 1.98. The van der Waals surface area contributed by atoms with Crippen molar-refractivity contribution in [2.24, 2.45) is 4.99 Å². The third-order valence-electron chi connectivity index (χ3n) is 3.19. The van der Waals surface area contributed by atoms with Crippen molar-refractivity contribution in [3.05, 3.63) is 65.6 Å². The number of aromatic nitrogens is 1. The third-order valence-corrected chi connectivity index (χ3v) is 3.19. The van der Waals surface area contributed by atoms with E-state index in [0.717, 1.165) is 0 Å². The molecule has 120 valence electrons. The minimum atomic E-state index is -1.03. The van der Waals surface area contributed by atoms with Gasteiger partial charge in [0, 0.05) is 0 Å². The summed E-state index contributed by atoms with van der Waals surface area (Å²) in [6, 6.07) is 11.7. The number of halogens is 1. The Labute approximate surface area is 135 Å². The predicted molar refractivity (Wildman–Crippen MR) is 84.2 cm³/mol. The summed E-state index contributed by atoms with van der Waals surface area (Å²) in [5.41, 5.74) is 0.767. The highest BCUT2D eigenvalue weighted by molar-refractivity contribution is 5.88. The Morgan fingerprint density at radius 1 is 1.17 bits per heavy atom. The Morgan fingerprint density at radius 2 is 1.88 bits per heavy atom. The van der Waals surface area contributed by atoms with Crippen LogP contribution >= 0.6 is 0 Å². The Hall–Kier alpha value is -3.48. The molecule has 0 aliphatic carbocycles. The summed E-state index contributed by atoms with van der Waals surface area (Å²) in [5, 5.41) is 18.6. The van der Waals surface area contributed by atoms with Gasteiger partial charge in [0.1, 0.15) is 5.82 Å². The molecule has 0 unspecified atom stereocenters. The van der Waals surface area contributed by atoms with E-state index in [1.54, 1.807) is 6.07 Å². The van der Waals surface area contributed by atoms with Crippen LogP contribution in [0.1, 0.15) is 16.1 Å². The summed E-state index contributed by atoms with van der Waals surface area (Å²) in [5.74, 6) is -2.10. The van der Waals surface area contributed by atoms with Crippen LogP contribution in [0.15, 0.2) is 57.9 Å². The molecule has 0 amide bonds. The molecule has 1 heterocycles.